The van der Waals surface area contributed by atoms with Gasteiger partial charge in [-0.05, 0) is 29.7 Å². The fraction of sp³-hybridized carbons (Fsp3) is 0.118. The second-order valence-electron chi connectivity index (χ2n) is 5.16. The van der Waals surface area contributed by atoms with Crippen LogP contribution in [0.5, 0.6) is 0 Å². The predicted molar refractivity (Wildman–Crippen MR) is 84.3 cm³/mol. The number of fused-ring (bicyclic) bond motifs is 1. The highest BCUT2D eigenvalue weighted by molar-refractivity contribution is 5.86. The van der Waals surface area contributed by atoms with Crippen molar-refractivity contribution >= 4 is 16.6 Å². The van der Waals surface area contributed by atoms with Crippen LogP contribution in [0, 0.1) is 5.82 Å². The quantitative estimate of drug-likeness (QED) is 0.782. The Bertz CT molecular complexity index is 868. The molecular weight excluding hydrogens is 267 g/mol. The summed E-state index contributed by atoms with van der Waals surface area (Å²) in [5.41, 5.74) is 2.11. The van der Waals surface area contributed by atoms with Crippen molar-refractivity contribution in [1.29, 1.82) is 0 Å². The smallest absolute Gasteiger partial charge is 0.256 e. The second-order valence-corrected chi connectivity index (χ2v) is 5.16. The number of hydrogen-bond donors (Lipinski definition) is 1. The maximum atomic E-state index is 13.9. The molecule has 1 heterocycles. The standard InChI is InChI=1S/C17H15FN2O/c1-20(2)12-8-7-11-9-14(17(21)19-16(11)10-12)13-5-3-4-6-15(13)18/h3-10H,1-2H3,(H,19,21). The zero-order valence-corrected chi connectivity index (χ0v) is 11.9. The molecule has 0 fully saturated rings. The maximum Gasteiger partial charge on any atom is 0.256 e. The van der Waals surface area contributed by atoms with E-state index >= 15 is 0 Å². The fourth-order valence-corrected chi connectivity index (χ4v) is 2.35. The van der Waals surface area contributed by atoms with Crippen LogP contribution in [-0.2, 0) is 0 Å². The molecule has 0 aliphatic carbocycles. The lowest BCUT2D eigenvalue weighted by Crippen LogP contribution is -2.11. The van der Waals surface area contributed by atoms with Gasteiger partial charge in [0.05, 0.1) is 11.1 Å². The summed E-state index contributed by atoms with van der Waals surface area (Å²) in [4.78, 5) is 17.0. The van der Waals surface area contributed by atoms with Crippen LogP contribution in [0.4, 0.5) is 10.1 Å². The van der Waals surface area contributed by atoms with Gasteiger partial charge in [-0.2, -0.15) is 0 Å². The topological polar surface area (TPSA) is 36.1 Å². The Morgan fingerprint density at radius 1 is 1.00 bits per heavy atom. The Kier molecular flexibility index (Phi) is 3.22. The van der Waals surface area contributed by atoms with Crippen molar-refractivity contribution in [3.63, 3.8) is 0 Å². The SMILES string of the molecule is CN(C)c1ccc2cc(-c3ccccc3F)c(=O)[nH]c2c1. The second kappa shape index (κ2) is 5.05. The fourth-order valence-electron chi connectivity index (χ4n) is 2.35. The lowest BCUT2D eigenvalue weighted by molar-refractivity contribution is 0.631. The summed E-state index contributed by atoms with van der Waals surface area (Å²) in [6.45, 7) is 0. The van der Waals surface area contributed by atoms with Gasteiger partial charge >= 0.3 is 0 Å². The number of aromatic amines is 1. The molecule has 2 aromatic carbocycles. The summed E-state index contributed by atoms with van der Waals surface area (Å²) in [5.74, 6) is -0.396. The van der Waals surface area contributed by atoms with E-state index in [0.29, 0.717) is 11.1 Å². The summed E-state index contributed by atoms with van der Waals surface area (Å²) < 4.78 is 13.9. The van der Waals surface area contributed by atoms with E-state index in [2.05, 4.69) is 4.98 Å². The first-order valence-corrected chi connectivity index (χ1v) is 6.65. The number of rotatable bonds is 2. The average Bonchev–Trinajstić information content (AvgIpc) is 2.46. The third-order valence-corrected chi connectivity index (χ3v) is 3.51. The molecule has 1 aromatic heterocycles. The number of aromatic nitrogens is 1. The molecule has 0 aliphatic rings. The molecule has 3 nitrogen and oxygen atoms in total. The Hall–Kier alpha value is -2.62. The molecule has 0 spiro atoms. The number of H-pyrrole nitrogens is 1. The predicted octanol–water partition coefficient (Wildman–Crippen LogP) is 3.40. The van der Waals surface area contributed by atoms with Crippen LogP contribution in [0.15, 0.2) is 53.3 Å². The van der Waals surface area contributed by atoms with Crippen molar-refractivity contribution in [3.8, 4) is 11.1 Å². The summed E-state index contributed by atoms with van der Waals surface area (Å²) in [5, 5.41) is 0.874. The van der Waals surface area contributed by atoms with E-state index in [4.69, 9.17) is 0 Å². The Morgan fingerprint density at radius 3 is 2.48 bits per heavy atom. The Morgan fingerprint density at radius 2 is 1.76 bits per heavy atom. The third kappa shape index (κ3) is 2.40. The van der Waals surface area contributed by atoms with Crippen LogP contribution in [-0.4, -0.2) is 19.1 Å². The van der Waals surface area contributed by atoms with Gasteiger partial charge in [0.1, 0.15) is 5.82 Å². The monoisotopic (exact) mass is 282 g/mol. The van der Waals surface area contributed by atoms with Crippen LogP contribution in [0.3, 0.4) is 0 Å². The lowest BCUT2D eigenvalue weighted by atomic mass is 10.0. The molecule has 0 radical (unpaired) electrons. The van der Waals surface area contributed by atoms with Gasteiger partial charge in [-0.15, -0.1) is 0 Å². The minimum absolute atomic E-state index is 0.288. The zero-order valence-electron chi connectivity index (χ0n) is 11.9. The van der Waals surface area contributed by atoms with Crippen molar-refractivity contribution < 1.29 is 4.39 Å². The van der Waals surface area contributed by atoms with Gasteiger partial charge in [0.25, 0.3) is 5.56 Å². The summed E-state index contributed by atoms with van der Waals surface area (Å²) >= 11 is 0. The molecule has 3 rings (SSSR count). The molecule has 0 unspecified atom stereocenters. The Balaban J connectivity index is 2.23. The molecule has 4 heteroatoms. The number of nitrogens with zero attached hydrogens (tertiary/aromatic N) is 1. The third-order valence-electron chi connectivity index (χ3n) is 3.51. The van der Waals surface area contributed by atoms with Crippen LogP contribution in [0.25, 0.3) is 22.0 Å². The average molecular weight is 282 g/mol. The zero-order chi connectivity index (χ0) is 15.0. The highest BCUT2D eigenvalue weighted by Crippen LogP contribution is 2.24. The molecule has 0 saturated carbocycles. The van der Waals surface area contributed by atoms with Crippen molar-refractivity contribution in [1.82, 2.24) is 4.98 Å². The van der Waals surface area contributed by atoms with Crippen molar-refractivity contribution in [2.75, 3.05) is 19.0 Å². The molecule has 0 saturated heterocycles. The highest BCUT2D eigenvalue weighted by Gasteiger charge is 2.10. The van der Waals surface area contributed by atoms with E-state index in [0.717, 1.165) is 16.6 Å². The molecule has 21 heavy (non-hydrogen) atoms. The van der Waals surface area contributed by atoms with Gasteiger partial charge in [0.2, 0.25) is 0 Å². The number of hydrogen-bond acceptors (Lipinski definition) is 2. The van der Waals surface area contributed by atoms with E-state index in [1.807, 2.05) is 37.2 Å². The summed E-state index contributed by atoms with van der Waals surface area (Å²) in [6, 6.07) is 13.8. The summed E-state index contributed by atoms with van der Waals surface area (Å²) in [6.07, 6.45) is 0. The number of pyridine rings is 1. The highest BCUT2D eigenvalue weighted by atomic mass is 19.1. The first kappa shape index (κ1) is 13.4. The van der Waals surface area contributed by atoms with Gasteiger partial charge in [-0.3, -0.25) is 4.79 Å². The van der Waals surface area contributed by atoms with E-state index in [1.165, 1.54) is 6.07 Å². The van der Waals surface area contributed by atoms with Crippen LogP contribution in [0.1, 0.15) is 0 Å². The minimum atomic E-state index is -0.396. The molecule has 106 valence electrons. The van der Waals surface area contributed by atoms with Gasteiger partial charge in [-0.1, -0.05) is 24.3 Å². The molecule has 0 bridgehead atoms. The molecule has 0 amide bonds. The first-order valence-electron chi connectivity index (χ1n) is 6.65. The number of nitrogens with one attached hydrogen (secondary N) is 1. The van der Waals surface area contributed by atoms with E-state index < -0.39 is 5.82 Å². The molecule has 0 aliphatic heterocycles. The molecular formula is C17H15FN2O. The normalized spacial score (nSPS) is 10.8. The van der Waals surface area contributed by atoms with Crippen LogP contribution in [0.2, 0.25) is 0 Å². The van der Waals surface area contributed by atoms with Gasteiger partial charge in [0.15, 0.2) is 0 Å². The van der Waals surface area contributed by atoms with Crippen molar-refractivity contribution in [2.24, 2.45) is 0 Å². The van der Waals surface area contributed by atoms with E-state index in [1.54, 1.807) is 24.3 Å². The van der Waals surface area contributed by atoms with E-state index in [-0.39, 0.29) is 5.56 Å². The summed E-state index contributed by atoms with van der Waals surface area (Å²) in [7, 11) is 3.87. The van der Waals surface area contributed by atoms with Crippen molar-refractivity contribution in [3.05, 3.63) is 64.7 Å². The maximum absolute atomic E-state index is 13.9. The largest absolute Gasteiger partial charge is 0.378 e. The minimum Gasteiger partial charge on any atom is -0.378 e. The molecule has 1 N–H and O–H groups in total. The van der Waals surface area contributed by atoms with Gasteiger partial charge in [-0.25, -0.2) is 4.39 Å². The van der Waals surface area contributed by atoms with E-state index in [9.17, 15) is 9.18 Å². The molecule has 0 atom stereocenters. The first-order chi connectivity index (χ1) is 10.1. The molecule has 3 aromatic rings. The van der Waals surface area contributed by atoms with Crippen molar-refractivity contribution in [2.45, 2.75) is 0 Å². The van der Waals surface area contributed by atoms with Crippen LogP contribution >= 0.6 is 0 Å². The van der Waals surface area contributed by atoms with Crippen LogP contribution < -0.4 is 10.5 Å². The number of halogens is 1. The van der Waals surface area contributed by atoms with Gasteiger partial charge < -0.3 is 9.88 Å². The lowest BCUT2D eigenvalue weighted by Gasteiger charge is -2.13. The Labute approximate surface area is 121 Å². The van der Waals surface area contributed by atoms with Gasteiger partial charge in [0, 0.05) is 25.3 Å². The number of anilines is 1. The number of benzene rings is 2.